The minimum Gasteiger partial charge on any atom is -0.473 e. The van der Waals surface area contributed by atoms with Crippen LogP contribution in [0.2, 0.25) is 0 Å². The summed E-state index contributed by atoms with van der Waals surface area (Å²) in [5.74, 6) is 1.04. The molecule has 8 heteroatoms. The Hall–Kier alpha value is -3.42. The summed E-state index contributed by atoms with van der Waals surface area (Å²) in [6, 6.07) is 11.8. The molecule has 2 aliphatic rings. The number of benzene rings is 1. The van der Waals surface area contributed by atoms with Crippen LogP contribution in [0, 0.1) is 6.92 Å². The summed E-state index contributed by atoms with van der Waals surface area (Å²) in [6.07, 6.45) is 5.12. The van der Waals surface area contributed by atoms with E-state index in [1.54, 1.807) is 4.90 Å². The molecule has 1 N–H and O–H groups in total. The Bertz CT molecular complexity index is 1010. The van der Waals surface area contributed by atoms with Crippen LogP contribution in [-0.4, -0.2) is 59.4 Å². The number of aryl methyl sites for hydroxylation is 1. The maximum absolute atomic E-state index is 13.0. The first-order chi connectivity index (χ1) is 16.1. The molecular weight excluding hydrogens is 418 g/mol. The fourth-order valence-corrected chi connectivity index (χ4v) is 4.06. The Morgan fingerprint density at radius 2 is 1.94 bits per heavy atom. The van der Waals surface area contributed by atoms with E-state index in [0.717, 1.165) is 36.1 Å². The maximum atomic E-state index is 13.0. The lowest BCUT2D eigenvalue weighted by atomic mass is 10.2. The van der Waals surface area contributed by atoms with E-state index in [9.17, 15) is 9.59 Å². The van der Waals surface area contributed by atoms with E-state index in [1.807, 2.05) is 54.3 Å². The van der Waals surface area contributed by atoms with Gasteiger partial charge in [-0.3, -0.25) is 9.59 Å². The van der Waals surface area contributed by atoms with Crippen LogP contribution in [0.4, 0.5) is 5.95 Å². The number of carbonyl (C=O) groups excluding carboxylic acids is 2. The van der Waals surface area contributed by atoms with Gasteiger partial charge in [0.05, 0.1) is 0 Å². The average molecular weight is 450 g/mol. The van der Waals surface area contributed by atoms with Crippen LogP contribution in [-0.2, 0) is 16.2 Å². The number of nitrogens with zero attached hydrogens (tertiary/aromatic N) is 4. The number of ether oxygens (including phenoxy) is 1. The molecule has 1 aliphatic carbocycles. The molecule has 2 heterocycles. The zero-order chi connectivity index (χ0) is 23.0. The van der Waals surface area contributed by atoms with Crippen molar-refractivity contribution >= 4 is 17.8 Å². The number of anilines is 1. The Morgan fingerprint density at radius 1 is 1.09 bits per heavy atom. The third-order valence-corrected chi connectivity index (χ3v) is 5.89. The minimum absolute atomic E-state index is 0.0397. The Kier molecular flexibility index (Phi) is 7.55. The van der Waals surface area contributed by atoms with Crippen LogP contribution in [0.25, 0.3) is 0 Å². The molecule has 2 amide bonds. The molecule has 0 spiro atoms. The molecule has 0 radical (unpaired) electrons. The second-order valence-electron chi connectivity index (χ2n) is 8.42. The molecule has 33 heavy (non-hydrogen) atoms. The zero-order valence-corrected chi connectivity index (χ0v) is 19.1. The van der Waals surface area contributed by atoms with Gasteiger partial charge < -0.3 is 19.9 Å². The molecule has 2 aromatic rings. The molecule has 8 nitrogen and oxygen atoms in total. The van der Waals surface area contributed by atoms with Crippen molar-refractivity contribution < 1.29 is 14.3 Å². The van der Waals surface area contributed by atoms with Crippen LogP contribution >= 0.6 is 0 Å². The molecule has 174 valence electrons. The Morgan fingerprint density at radius 3 is 2.73 bits per heavy atom. The van der Waals surface area contributed by atoms with Crippen LogP contribution in [0.15, 0.2) is 48.0 Å². The van der Waals surface area contributed by atoms with Gasteiger partial charge in [0.2, 0.25) is 23.6 Å². The highest BCUT2D eigenvalue weighted by Gasteiger charge is 2.23. The predicted molar refractivity (Wildman–Crippen MR) is 126 cm³/mol. The van der Waals surface area contributed by atoms with E-state index in [-0.39, 0.29) is 11.8 Å². The molecule has 0 saturated carbocycles. The maximum Gasteiger partial charge on any atom is 0.249 e. The van der Waals surface area contributed by atoms with Gasteiger partial charge in [0, 0.05) is 56.5 Å². The van der Waals surface area contributed by atoms with E-state index in [0.29, 0.717) is 57.6 Å². The molecular formula is C25H31N5O3. The van der Waals surface area contributed by atoms with Gasteiger partial charge >= 0.3 is 0 Å². The summed E-state index contributed by atoms with van der Waals surface area (Å²) >= 11 is 0. The van der Waals surface area contributed by atoms with Gasteiger partial charge in [0.1, 0.15) is 6.61 Å². The lowest BCUT2D eigenvalue weighted by molar-refractivity contribution is -0.128. The summed E-state index contributed by atoms with van der Waals surface area (Å²) in [4.78, 5) is 38.3. The predicted octanol–water partition coefficient (Wildman–Crippen LogP) is 2.63. The van der Waals surface area contributed by atoms with Gasteiger partial charge in [-0.25, -0.2) is 4.98 Å². The molecule has 1 aliphatic heterocycles. The SMILES string of the molecule is Cc1cc(OCc2ccccc2)nc(N2CCNC(=O)CCN(C(=O)C3=CCCC3)CC2)n1. The monoisotopic (exact) mass is 449 g/mol. The highest BCUT2D eigenvalue weighted by Crippen LogP contribution is 2.21. The number of amides is 2. The van der Waals surface area contributed by atoms with Crippen LogP contribution in [0.1, 0.15) is 36.9 Å². The van der Waals surface area contributed by atoms with Crippen molar-refractivity contribution in [3.05, 3.63) is 59.3 Å². The van der Waals surface area contributed by atoms with E-state index >= 15 is 0 Å². The second kappa shape index (κ2) is 10.9. The third kappa shape index (κ3) is 6.31. The van der Waals surface area contributed by atoms with Gasteiger partial charge in [-0.05, 0) is 31.7 Å². The van der Waals surface area contributed by atoms with Gasteiger partial charge in [0.25, 0.3) is 0 Å². The first-order valence-corrected chi connectivity index (χ1v) is 11.6. The smallest absolute Gasteiger partial charge is 0.249 e. The van der Waals surface area contributed by atoms with E-state index < -0.39 is 0 Å². The number of hydrogen-bond acceptors (Lipinski definition) is 6. The number of rotatable bonds is 5. The van der Waals surface area contributed by atoms with Crippen molar-refractivity contribution in [2.24, 2.45) is 0 Å². The molecule has 1 aromatic heterocycles. The summed E-state index contributed by atoms with van der Waals surface area (Å²) < 4.78 is 5.93. The average Bonchev–Trinajstić information content (AvgIpc) is 3.36. The summed E-state index contributed by atoms with van der Waals surface area (Å²) in [5, 5.41) is 2.94. The summed E-state index contributed by atoms with van der Waals surface area (Å²) in [6.45, 7) is 4.89. The lowest BCUT2D eigenvalue weighted by Gasteiger charge is -2.30. The highest BCUT2D eigenvalue weighted by atomic mass is 16.5. The van der Waals surface area contributed by atoms with E-state index in [4.69, 9.17) is 4.74 Å². The Labute approximate surface area is 194 Å². The molecule has 0 bridgehead atoms. The largest absolute Gasteiger partial charge is 0.473 e. The van der Waals surface area contributed by atoms with Gasteiger partial charge in [-0.1, -0.05) is 36.4 Å². The number of aromatic nitrogens is 2. The molecule has 1 aromatic carbocycles. The molecule has 0 atom stereocenters. The van der Waals surface area contributed by atoms with Crippen molar-refractivity contribution in [1.82, 2.24) is 20.2 Å². The van der Waals surface area contributed by atoms with E-state index in [1.165, 1.54) is 0 Å². The summed E-state index contributed by atoms with van der Waals surface area (Å²) in [7, 11) is 0. The first kappa shape index (κ1) is 22.8. The molecule has 0 unspecified atom stereocenters. The lowest BCUT2D eigenvalue weighted by Crippen LogP contribution is -2.45. The standard InChI is InChI=1S/C25H31N5O3/c1-19-17-23(33-18-20-7-3-2-4-8-20)28-25(27-19)30-14-12-26-22(31)11-13-29(15-16-30)24(32)21-9-5-6-10-21/h2-4,7-9,17H,5-6,10-16,18H2,1H3,(H,26,31). The highest BCUT2D eigenvalue weighted by molar-refractivity contribution is 5.94. The van der Waals surface area contributed by atoms with Crippen molar-refractivity contribution in [3.63, 3.8) is 0 Å². The Balaban J connectivity index is 1.49. The van der Waals surface area contributed by atoms with Crippen LogP contribution in [0.3, 0.4) is 0 Å². The van der Waals surface area contributed by atoms with Crippen LogP contribution in [0.5, 0.6) is 5.88 Å². The van der Waals surface area contributed by atoms with E-state index in [2.05, 4.69) is 15.3 Å². The molecule has 1 fully saturated rings. The molecule has 4 rings (SSSR count). The van der Waals surface area contributed by atoms with Crippen molar-refractivity contribution in [2.75, 3.05) is 37.6 Å². The van der Waals surface area contributed by atoms with Crippen molar-refractivity contribution in [1.29, 1.82) is 0 Å². The minimum atomic E-state index is -0.0490. The van der Waals surface area contributed by atoms with Gasteiger partial charge in [0.15, 0.2) is 0 Å². The van der Waals surface area contributed by atoms with Crippen molar-refractivity contribution in [2.45, 2.75) is 39.2 Å². The fraction of sp³-hybridized carbons (Fsp3) is 0.440. The molecule has 1 saturated heterocycles. The van der Waals surface area contributed by atoms with Crippen LogP contribution < -0.4 is 15.0 Å². The normalized spacial score (nSPS) is 17.4. The third-order valence-electron chi connectivity index (χ3n) is 5.89. The number of carbonyl (C=O) groups is 2. The van der Waals surface area contributed by atoms with Gasteiger partial charge in [-0.15, -0.1) is 0 Å². The zero-order valence-electron chi connectivity index (χ0n) is 19.1. The first-order valence-electron chi connectivity index (χ1n) is 11.6. The second-order valence-corrected chi connectivity index (χ2v) is 8.42. The van der Waals surface area contributed by atoms with Crippen molar-refractivity contribution in [3.8, 4) is 5.88 Å². The number of hydrogen-bond donors (Lipinski definition) is 1. The topological polar surface area (TPSA) is 87.7 Å². The quantitative estimate of drug-likeness (QED) is 0.755. The van der Waals surface area contributed by atoms with Gasteiger partial charge in [-0.2, -0.15) is 4.98 Å². The number of nitrogens with one attached hydrogen (secondary N) is 1. The fourth-order valence-electron chi connectivity index (χ4n) is 4.06. The number of allylic oxidation sites excluding steroid dienone is 1. The summed E-state index contributed by atoms with van der Waals surface area (Å²) in [5.41, 5.74) is 2.73.